The van der Waals surface area contributed by atoms with E-state index in [0.717, 1.165) is 39.4 Å². The van der Waals surface area contributed by atoms with Gasteiger partial charge >= 0.3 is 0 Å². The number of rotatable bonds is 11. The van der Waals surface area contributed by atoms with Gasteiger partial charge in [0.2, 0.25) is 5.91 Å². The van der Waals surface area contributed by atoms with Crippen molar-refractivity contribution in [3.8, 4) is 0 Å². The Hall–Kier alpha value is -3.61. The first-order valence-electron chi connectivity index (χ1n) is 12.6. The average molecular weight is 504 g/mol. The van der Waals surface area contributed by atoms with E-state index in [9.17, 15) is 18.8 Å². The van der Waals surface area contributed by atoms with Gasteiger partial charge in [0.25, 0.3) is 5.92 Å². The number of carbonyl (C=O) groups is 1. The van der Waals surface area contributed by atoms with Gasteiger partial charge in [-0.2, -0.15) is 4.65 Å². The zero-order valence-corrected chi connectivity index (χ0v) is 21.0. The SMILES string of the molecule is C[N+](O)(/C=C/C(F)(F)Cc1cccc2ccccc12)CCCCC(=O)NCc1ccc2ccccc2c1. The number of carbonyl (C=O) groups excluding carboxylic acids is 1. The second-order valence-electron chi connectivity index (χ2n) is 9.74. The normalized spacial score (nSPS) is 13.7. The first kappa shape index (κ1) is 26.5. The summed E-state index contributed by atoms with van der Waals surface area (Å²) in [5, 5.41) is 17.5. The number of alkyl halides is 2. The predicted molar refractivity (Wildman–Crippen MR) is 144 cm³/mol. The topological polar surface area (TPSA) is 49.3 Å². The van der Waals surface area contributed by atoms with Gasteiger partial charge in [0.05, 0.1) is 0 Å². The fraction of sp³-hybridized carbons (Fsp3) is 0.258. The molecule has 4 aromatic rings. The Morgan fingerprint density at radius 1 is 0.919 bits per heavy atom. The van der Waals surface area contributed by atoms with Crippen LogP contribution in [-0.2, 0) is 17.8 Å². The number of allylic oxidation sites excluding steroid dienone is 1. The lowest BCUT2D eigenvalue weighted by Gasteiger charge is -2.22. The van der Waals surface area contributed by atoms with Crippen LogP contribution in [-0.4, -0.2) is 35.3 Å². The molecule has 1 atom stereocenters. The third kappa shape index (κ3) is 7.68. The van der Waals surface area contributed by atoms with Gasteiger partial charge < -0.3 is 5.32 Å². The molecule has 0 aliphatic heterocycles. The smallest absolute Gasteiger partial charge is 0.275 e. The van der Waals surface area contributed by atoms with Crippen LogP contribution in [0.2, 0.25) is 0 Å². The number of hydroxylamine groups is 3. The summed E-state index contributed by atoms with van der Waals surface area (Å²) in [7, 11) is 1.46. The molecular formula is C31H33F2N2O2+. The average Bonchev–Trinajstić information content (AvgIpc) is 2.89. The number of hydrogen-bond donors (Lipinski definition) is 2. The number of halogens is 2. The molecule has 0 radical (unpaired) electrons. The highest BCUT2D eigenvalue weighted by Gasteiger charge is 2.29. The van der Waals surface area contributed by atoms with Crippen molar-refractivity contribution < 1.29 is 23.4 Å². The highest BCUT2D eigenvalue weighted by molar-refractivity contribution is 5.86. The summed E-state index contributed by atoms with van der Waals surface area (Å²) < 4.78 is 28.8. The number of benzene rings is 4. The second kappa shape index (κ2) is 11.6. The van der Waals surface area contributed by atoms with Crippen molar-refractivity contribution in [1.29, 1.82) is 0 Å². The fourth-order valence-electron chi connectivity index (χ4n) is 4.46. The van der Waals surface area contributed by atoms with Crippen LogP contribution >= 0.6 is 0 Å². The summed E-state index contributed by atoms with van der Waals surface area (Å²) in [6.07, 6.45) is 2.86. The molecule has 6 heteroatoms. The summed E-state index contributed by atoms with van der Waals surface area (Å²) in [6.45, 7) is 0.685. The zero-order chi connectivity index (χ0) is 26.3. The quantitative estimate of drug-likeness (QED) is 0.131. The zero-order valence-electron chi connectivity index (χ0n) is 21.0. The Morgan fingerprint density at radius 2 is 1.62 bits per heavy atom. The third-order valence-corrected chi connectivity index (χ3v) is 6.51. The minimum Gasteiger partial charge on any atom is -0.352 e. The molecule has 0 saturated carbocycles. The van der Waals surface area contributed by atoms with Crippen molar-refractivity contribution in [1.82, 2.24) is 5.32 Å². The number of amides is 1. The summed E-state index contributed by atoms with van der Waals surface area (Å²) in [5.74, 6) is -3.17. The maximum absolute atomic E-state index is 14.7. The van der Waals surface area contributed by atoms with Crippen LogP contribution in [0.25, 0.3) is 21.5 Å². The molecule has 0 aromatic heterocycles. The Morgan fingerprint density at radius 3 is 2.43 bits per heavy atom. The summed E-state index contributed by atoms with van der Waals surface area (Å²) in [4.78, 5) is 12.2. The molecule has 4 aromatic carbocycles. The van der Waals surface area contributed by atoms with Crippen molar-refractivity contribution in [2.45, 2.75) is 38.2 Å². The molecule has 192 valence electrons. The fourth-order valence-corrected chi connectivity index (χ4v) is 4.46. The molecule has 4 rings (SSSR count). The summed E-state index contributed by atoms with van der Waals surface area (Å²) >= 11 is 0. The molecule has 37 heavy (non-hydrogen) atoms. The number of fused-ring (bicyclic) bond motifs is 2. The highest BCUT2D eigenvalue weighted by Crippen LogP contribution is 2.27. The van der Waals surface area contributed by atoms with E-state index in [1.54, 1.807) is 12.1 Å². The van der Waals surface area contributed by atoms with Crippen molar-refractivity contribution in [3.63, 3.8) is 0 Å². The van der Waals surface area contributed by atoms with Gasteiger partial charge in [-0.25, -0.2) is 14.0 Å². The number of nitrogens with one attached hydrogen (secondary N) is 1. The predicted octanol–water partition coefficient (Wildman–Crippen LogP) is 7.01. The van der Waals surface area contributed by atoms with Gasteiger partial charge in [-0.15, -0.1) is 0 Å². The van der Waals surface area contributed by atoms with Crippen LogP contribution in [0.5, 0.6) is 0 Å². The minimum atomic E-state index is -3.10. The first-order chi connectivity index (χ1) is 17.7. The van der Waals surface area contributed by atoms with Crippen molar-refractivity contribution in [2.75, 3.05) is 13.6 Å². The van der Waals surface area contributed by atoms with E-state index in [0.29, 0.717) is 31.4 Å². The third-order valence-electron chi connectivity index (χ3n) is 6.51. The van der Waals surface area contributed by atoms with Gasteiger partial charge in [0.15, 0.2) is 0 Å². The molecule has 0 aliphatic rings. The first-order valence-corrected chi connectivity index (χ1v) is 12.6. The lowest BCUT2D eigenvalue weighted by molar-refractivity contribution is -1.05. The number of hydrogen-bond acceptors (Lipinski definition) is 2. The van der Waals surface area contributed by atoms with Crippen LogP contribution in [0.3, 0.4) is 0 Å². The maximum Gasteiger partial charge on any atom is 0.275 e. The van der Waals surface area contributed by atoms with Crippen molar-refractivity contribution in [2.24, 2.45) is 0 Å². The Balaban J connectivity index is 1.21. The van der Waals surface area contributed by atoms with Gasteiger partial charge in [-0.3, -0.25) is 4.79 Å². The summed E-state index contributed by atoms with van der Waals surface area (Å²) in [6, 6.07) is 27.0. The lowest BCUT2D eigenvalue weighted by atomic mass is 9.99. The Bertz CT molecular complexity index is 1390. The lowest BCUT2D eigenvalue weighted by Crippen LogP contribution is -2.36. The van der Waals surface area contributed by atoms with Crippen LogP contribution in [0.1, 0.15) is 30.4 Å². The van der Waals surface area contributed by atoms with Crippen molar-refractivity contribution >= 4 is 27.5 Å². The van der Waals surface area contributed by atoms with E-state index in [-0.39, 0.29) is 12.5 Å². The molecule has 0 saturated heterocycles. The van der Waals surface area contributed by atoms with Crippen LogP contribution in [0.4, 0.5) is 8.78 Å². The van der Waals surface area contributed by atoms with E-state index < -0.39 is 17.0 Å². The number of nitrogens with zero attached hydrogens (tertiary/aromatic N) is 1. The maximum atomic E-state index is 14.7. The number of quaternary nitrogens is 1. The molecule has 0 spiro atoms. The minimum absolute atomic E-state index is 0.0718. The van der Waals surface area contributed by atoms with E-state index in [4.69, 9.17) is 0 Å². The Labute approximate surface area is 216 Å². The molecular weight excluding hydrogens is 470 g/mol. The van der Waals surface area contributed by atoms with Gasteiger partial charge in [0.1, 0.15) is 19.8 Å². The monoisotopic (exact) mass is 503 g/mol. The van der Waals surface area contributed by atoms with Crippen LogP contribution < -0.4 is 5.32 Å². The molecule has 0 bridgehead atoms. The van der Waals surface area contributed by atoms with Crippen LogP contribution in [0, 0.1) is 0 Å². The van der Waals surface area contributed by atoms with Gasteiger partial charge in [0, 0.05) is 31.9 Å². The van der Waals surface area contributed by atoms with Gasteiger partial charge in [-0.1, -0.05) is 78.9 Å². The van der Waals surface area contributed by atoms with E-state index in [2.05, 4.69) is 11.4 Å². The largest absolute Gasteiger partial charge is 0.352 e. The second-order valence-corrected chi connectivity index (χ2v) is 9.74. The molecule has 2 N–H and O–H groups in total. The van der Waals surface area contributed by atoms with Gasteiger partial charge in [-0.05, 0) is 45.2 Å². The summed E-state index contributed by atoms with van der Waals surface area (Å²) in [5.41, 5.74) is 1.59. The number of unbranched alkanes of at least 4 members (excludes halogenated alkanes) is 1. The molecule has 0 heterocycles. The molecule has 0 fully saturated rings. The van der Waals surface area contributed by atoms with E-state index in [1.165, 1.54) is 7.05 Å². The van der Waals surface area contributed by atoms with E-state index in [1.807, 2.05) is 66.7 Å². The van der Waals surface area contributed by atoms with E-state index >= 15 is 0 Å². The standard InChI is InChI=1S/C31H32F2N2O2/c1-35(37,20-18-31(32,33)22-28-13-8-12-26-10-4-5-14-29(26)28)19-7-6-15-30(36)34-23-24-16-17-25-9-2-3-11-27(25)21-24/h2-5,8-14,16-18,20-21,37H,6-7,15,19,22-23H2,1H3/p+1/b20-18+. The van der Waals surface area contributed by atoms with Crippen molar-refractivity contribution in [3.05, 3.63) is 108 Å². The molecule has 0 aliphatic carbocycles. The molecule has 4 nitrogen and oxygen atoms in total. The molecule has 1 unspecified atom stereocenters. The Kier molecular flexibility index (Phi) is 8.31. The van der Waals surface area contributed by atoms with Crippen LogP contribution in [0.15, 0.2) is 97.2 Å². The molecule has 1 amide bonds. The highest BCUT2D eigenvalue weighted by atomic mass is 19.3.